The highest BCUT2D eigenvalue weighted by Crippen LogP contribution is 2.18. The van der Waals surface area contributed by atoms with Gasteiger partial charge < -0.3 is 10.5 Å². The third kappa shape index (κ3) is 4.07. The number of H-pyrrole nitrogens is 1. The number of carbonyl (C=O) groups is 1. The summed E-state index contributed by atoms with van der Waals surface area (Å²) in [6, 6.07) is 6.25. The number of hydrogen-bond acceptors (Lipinski definition) is 5. The molecule has 2 aromatic rings. The molecule has 3 N–H and O–H groups in total. The van der Waals surface area contributed by atoms with Crippen molar-refractivity contribution in [3.63, 3.8) is 0 Å². The molecule has 1 aliphatic rings. The molecule has 3 rings (SSSR count). The zero-order chi connectivity index (χ0) is 16.2. The van der Waals surface area contributed by atoms with Crippen LogP contribution in [0.15, 0.2) is 24.4 Å². The van der Waals surface area contributed by atoms with E-state index in [1.807, 2.05) is 18.1 Å². The number of nitrogens with two attached hydrogens (primary N) is 1. The number of likely N-dealkylation sites (N-methyl/N-ethyl adjacent to an activating group) is 1. The van der Waals surface area contributed by atoms with Crippen LogP contribution in [0.2, 0.25) is 0 Å². The summed E-state index contributed by atoms with van der Waals surface area (Å²) in [4.78, 5) is 15.3. The van der Waals surface area contributed by atoms with E-state index in [9.17, 15) is 4.79 Å². The van der Waals surface area contributed by atoms with Crippen LogP contribution >= 0.6 is 0 Å². The number of benzene rings is 1. The van der Waals surface area contributed by atoms with E-state index in [1.54, 1.807) is 0 Å². The molecule has 23 heavy (non-hydrogen) atoms. The van der Waals surface area contributed by atoms with Gasteiger partial charge in [0.1, 0.15) is 0 Å². The minimum absolute atomic E-state index is 0.0917. The quantitative estimate of drug-likeness (QED) is 0.794. The maximum Gasteiger partial charge on any atom is 0.231 e. The first-order valence-corrected chi connectivity index (χ1v) is 7.83. The van der Waals surface area contributed by atoms with Crippen molar-refractivity contribution < 1.29 is 9.53 Å². The number of aromatic nitrogens is 2. The molecule has 1 saturated heterocycles. The number of nitrogens with one attached hydrogen (secondary N) is 1. The number of para-hydroxylation sites is 1. The van der Waals surface area contributed by atoms with Crippen molar-refractivity contribution in [2.45, 2.75) is 12.6 Å². The monoisotopic (exact) mass is 317 g/mol. The van der Waals surface area contributed by atoms with E-state index >= 15 is 0 Å². The topological polar surface area (TPSA) is 87.5 Å². The zero-order valence-corrected chi connectivity index (χ0v) is 13.4. The number of aromatic amines is 1. The SMILES string of the molecule is CN(CC(N)=O)CC1CN(Cc2cccc3cn[nH]c23)CCO1. The van der Waals surface area contributed by atoms with Gasteiger partial charge in [-0.1, -0.05) is 18.2 Å². The van der Waals surface area contributed by atoms with E-state index in [2.05, 4.69) is 33.3 Å². The summed E-state index contributed by atoms with van der Waals surface area (Å²) < 4.78 is 5.81. The lowest BCUT2D eigenvalue weighted by Crippen LogP contribution is -2.47. The molecule has 0 radical (unpaired) electrons. The summed E-state index contributed by atoms with van der Waals surface area (Å²) in [6.45, 7) is 4.27. The average Bonchev–Trinajstić information content (AvgIpc) is 2.96. The largest absolute Gasteiger partial charge is 0.374 e. The molecule has 1 unspecified atom stereocenters. The Morgan fingerprint density at radius 2 is 2.43 bits per heavy atom. The molecule has 0 bridgehead atoms. The molecule has 1 fully saturated rings. The molecule has 1 atom stereocenters. The Morgan fingerprint density at radius 1 is 1.57 bits per heavy atom. The van der Waals surface area contributed by atoms with E-state index in [0.717, 1.165) is 30.5 Å². The maximum absolute atomic E-state index is 11.0. The number of rotatable bonds is 6. The van der Waals surface area contributed by atoms with E-state index in [4.69, 9.17) is 10.5 Å². The van der Waals surface area contributed by atoms with Crippen LogP contribution in [-0.4, -0.2) is 71.8 Å². The highest BCUT2D eigenvalue weighted by Gasteiger charge is 2.22. The number of hydrogen-bond donors (Lipinski definition) is 2. The van der Waals surface area contributed by atoms with Crippen LogP contribution < -0.4 is 5.73 Å². The Balaban J connectivity index is 1.60. The fourth-order valence-electron chi connectivity index (χ4n) is 3.12. The van der Waals surface area contributed by atoms with Gasteiger partial charge in [-0.25, -0.2) is 0 Å². The Kier molecular flexibility index (Phi) is 4.90. The second-order valence-electron chi connectivity index (χ2n) is 6.14. The summed E-state index contributed by atoms with van der Waals surface area (Å²) in [7, 11) is 1.89. The van der Waals surface area contributed by atoms with Crippen LogP contribution in [0, 0.1) is 0 Å². The molecular weight excluding hydrogens is 294 g/mol. The van der Waals surface area contributed by atoms with Gasteiger partial charge in [0.05, 0.1) is 31.0 Å². The maximum atomic E-state index is 11.0. The van der Waals surface area contributed by atoms with Gasteiger partial charge in [-0.05, 0) is 12.6 Å². The lowest BCUT2D eigenvalue weighted by molar-refractivity contribution is -0.119. The van der Waals surface area contributed by atoms with Crippen LogP contribution in [0.1, 0.15) is 5.56 Å². The number of carbonyl (C=O) groups excluding carboxylic acids is 1. The van der Waals surface area contributed by atoms with Gasteiger partial charge in [-0.15, -0.1) is 0 Å². The molecule has 7 nitrogen and oxygen atoms in total. The van der Waals surface area contributed by atoms with Gasteiger partial charge in [-0.2, -0.15) is 5.10 Å². The normalized spacial score (nSPS) is 19.5. The van der Waals surface area contributed by atoms with Gasteiger partial charge >= 0.3 is 0 Å². The summed E-state index contributed by atoms with van der Waals surface area (Å²) in [5.41, 5.74) is 7.57. The van der Waals surface area contributed by atoms with Crippen LogP contribution in [0.5, 0.6) is 0 Å². The van der Waals surface area contributed by atoms with Crippen molar-refractivity contribution in [1.29, 1.82) is 0 Å². The third-order valence-electron chi connectivity index (χ3n) is 4.12. The van der Waals surface area contributed by atoms with Crippen LogP contribution in [0.3, 0.4) is 0 Å². The van der Waals surface area contributed by atoms with Crippen LogP contribution in [-0.2, 0) is 16.1 Å². The first kappa shape index (κ1) is 15.9. The number of amides is 1. The molecular formula is C16H23N5O2. The zero-order valence-electron chi connectivity index (χ0n) is 13.4. The summed E-state index contributed by atoms with van der Waals surface area (Å²) in [6.07, 6.45) is 1.94. The summed E-state index contributed by atoms with van der Waals surface area (Å²) >= 11 is 0. The van der Waals surface area contributed by atoms with Crippen LogP contribution in [0.4, 0.5) is 0 Å². The Bertz CT molecular complexity index is 671. The second-order valence-corrected chi connectivity index (χ2v) is 6.14. The van der Waals surface area contributed by atoms with E-state index in [0.29, 0.717) is 13.2 Å². The highest BCUT2D eigenvalue weighted by atomic mass is 16.5. The molecule has 1 amide bonds. The van der Waals surface area contributed by atoms with Crippen molar-refractivity contribution in [2.75, 3.05) is 39.8 Å². The smallest absolute Gasteiger partial charge is 0.231 e. The number of fused-ring (bicyclic) bond motifs is 1. The van der Waals surface area contributed by atoms with E-state index < -0.39 is 0 Å². The highest BCUT2D eigenvalue weighted by molar-refractivity contribution is 5.81. The predicted molar refractivity (Wildman–Crippen MR) is 87.8 cm³/mol. The van der Waals surface area contributed by atoms with Crippen LogP contribution in [0.25, 0.3) is 10.9 Å². The summed E-state index contributed by atoms with van der Waals surface area (Å²) in [5, 5.41) is 8.33. The average molecular weight is 317 g/mol. The minimum Gasteiger partial charge on any atom is -0.374 e. The second kappa shape index (κ2) is 7.08. The molecule has 1 aliphatic heterocycles. The molecule has 2 heterocycles. The molecule has 1 aromatic heterocycles. The Labute approximate surface area is 135 Å². The first-order valence-electron chi connectivity index (χ1n) is 7.83. The fraction of sp³-hybridized carbons (Fsp3) is 0.500. The minimum atomic E-state index is -0.314. The number of ether oxygens (including phenoxy) is 1. The standard InChI is InChI=1S/C16H23N5O2/c1-20(11-15(17)22)9-14-10-21(5-6-23-14)8-13-4-2-3-12-7-18-19-16(12)13/h2-4,7,14H,5-6,8-11H2,1H3,(H2,17,22)(H,18,19). The van der Waals surface area contributed by atoms with Crippen molar-refractivity contribution in [3.05, 3.63) is 30.0 Å². The first-order chi connectivity index (χ1) is 11.1. The van der Waals surface area contributed by atoms with Crippen molar-refractivity contribution in [1.82, 2.24) is 20.0 Å². The lowest BCUT2D eigenvalue weighted by atomic mass is 10.1. The Morgan fingerprint density at radius 3 is 3.26 bits per heavy atom. The van der Waals surface area contributed by atoms with Gasteiger partial charge in [0, 0.05) is 31.6 Å². The molecule has 124 valence electrons. The molecule has 0 spiro atoms. The number of morpholine rings is 1. The van der Waals surface area contributed by atoms with Crippen molar-refractivity contribution >= 4 is 16.8 Å². The van der Waals surface area contributed by atoms with E-state index in [-0.39, 0.29) is 18.6 Å². The third-order valence-corrected chi connectivity index (χ3v) is 4.12. The number of nitrogens with zero attached hydrogens (tertiary/aromatic N) is 3. The number of primary amides is 1. The van der Waals surface area contributed by atoms with Gasteiger partial charge in [-0.3, -0.25) is 19.7 Å². The molecule has 7 heteroatoms. The van der Waals surface area contributed by atoms with E-state index in [1.165, 1.54) is 5.56 Å². The van der Waals surface area contributed by atoms with Crippen molar-refractivity contribution in [2.24, 2.45) is 5.73 Å². The van der Waals surface area contributed by atoms with Crippen molar-refractivity contribution in [3.8, 4) is 0 Å². The molecule has 0 saturated carbocycles. The lowest BCUT2D eigenvalue weighted by Gasteiger charge is -2.34. The van der Waals surface area contributed by atoms with Gasteiger partial charge in [0.2, 0.25) is 5.91 Å². The molecule has 0 aliphatic carbocycles. The molecule has 1 aromatic carbocycles. The van der Waals surface area contributed by atoms with Gasteiger partial charge in [0.25, 0.3) is 0 Å². The van der Waals surface area contributed by atoms with Gasteiger partial charge in [0.15, 0.2) is 0 Å². The fourth-order valence-corrected chi connectivity index (χ4v) is 3.12. The Hall–Kier alpha value is -1.96. The summed E-state index contributed by atoms with van der Waals surface area (Å²) in [5.74, 6) is -0.314. The predicted octanol–water partition coefficient (Wildman–Crippen LogP) is 0.181.